The first-order valence-electron chi connectivity index (χ1n) is 7.45. The summed E-state index contributed by atoms with van der Waals surface area (Å²) in [5.74, 6) is 0.623. The fraction of sp³-hybridized carbons (Fsp3) is 0.929. The molecular formula is C14H24N2O2. The maximum absolute atomic E-state index is 11.8. The Morgan fingerprint density at radius 2 is 2.11 bits per heavy atom. The number of rotatable bonds is 4. The van der Waals surface area contributed by atoms with Crippen molar-refractivity contribution in [2.24, 2.45) is 5.92 Å². The van der Waals surface area contributed by atoms with E-state index >= 15 is 0 Å². The van der Waals surface area contributed by atoms with Gasteiger partial charge in [-0.3, -0.25) is 9.69 Å². The van der Waals surface area contributed by atoms with Crippen LogP contribution < -0.4 is 5.32 Å². The molecule has 0 aromatic heterocycles. The van der Waals surface area contributed by atoms with E-state index < -0.39 is 0 Å². The number of hydrogen-bond donors (Lipinski definition) is 1. The van der Waals surface area contributed by atoms with Gasteiger partial charge in [0.15, 0.2) is 0 Å². The Morgan fingerprint density at radius 3 is 2.83 bits per heavy atom. The second-order valence-electron chi connectivity index (χ2n) is 6.02. The first-order chi connectivity index (χ1) is 8.81. The monoisotopic (exact) mass is 252 g/mol. The Morgan fingerprint density at radius 1 is 1.22 bits per heavy atom. The van der Waals surface area contributed by atoms with E-state index in [4.69, 9.17) is 4.74 Å². The van der Waals surface area contributed by atoms with E-state index in [1.165, 1.54) is 19.3 Å². The van der Waals surface area contributed by atoms with E-state index in [2.05, 4.69) is 10.2 Å². The van der Waals surface area contributed by atoms with Gasteiger partial charge >= 0.3 is 0 Å². The van der Waals surface area contributed by atoms with Crippen molar-refractivity contribution in [3.05, 3.63) is 0 Å². The first kappa shape index (κ1) is 12.4. The zero-order valence-electron chi connectivity index (χ0n) is 11.1. The highest BCUT2D eigenvalue weighted by Crippen LogP contribution is 2.29. The molecule has 2 atom stereocenters. The smallest absolute Gasteiger partial charge is 0.223 e. The van der Waals surface area contributed by atoms with Crippen LogP contribution in [0.5, 0.6) is 0 Å². The molecule has 18 heavy (non-hydrogen) atoms. The van der Waals surface area contributed by atoms with Crippen molar-refractivity contribution in [3.8, 4) is 0 Å². The number of carbonyl (C=O) groups excluding carboxylic acids is 1. The van der Waals surface area contributed by atoms with Gasteiger partial charge in [-0.15, -0.1) is 0 Å². The standard InChI is InChI=1S/C14H24N2O2/c17-14(11-5-6-11)15-12-3-1-7-16(9-12)10-13-4-2-8-18-13/h11-13H,1-10H2,(H,15,17). The van der Waals surface area contributed by atoms with Gasteiger partial charge in [-0.1, -0.05) is 0 Å². The first-order valence-corrected chi connectivity index (χ1v) is 7.45. The van der Waals surface area contributed by atoms with E-state index in [1.54, 1.807) is 0 Å². The summed E-state index contributed by atoms with van der Waals surface area (Å²) in [5, 5.41) is 3.21. The average molecular weight is 252 g/mol. The van der Waals surface area contributed by atoms with Crippen LogP contribution in [0.25, 0.3) is 0 Å². The summed E-state index contributed by atoms with van der Waals surface area (Å²) in [4.78, 5) is 14.2. The Bertz CT molecular complexity index is 298. The predicted octanol–water partition coefficient (Wildman–Crippen LogP) is 1.16. The molecule has 0 aromatic carbocycles. The van der Waals surface area contributed by atoms with E-state index in [0.717, 1.165) is 45.5 Å². The number of likely N-dealkylation sites (tertiary alicyclic amines) is 1. The average Bonchev–Trinajstić information content (AvgIpc) is 3.10. The lowest BCUT2D eigenvalue weighted by Crippen LogP contribution is -2.49. The van der Waals surface area contributed by atoms with Gasteiger partial charge in [-0.2, -0.15) is 0 Å². The molecule has 0 spiro atoms. The maximum Gasteiger partial charge on any atom is 0.223 e. The molecule has 102 valence electrons. The van der Waals surface area contributed by atoms with E-state index in [-0.39, 0.29) is 0 Å². The minimum absolute atomic E-state index is 0.291. The molecule has 4 nitrogen and oxygen atoms in total. The molecular weight excluding hydrogens is 228 g/mol. The van der Waals surface area contributed by atoms with Crippen LogP contribution in [0, 0.1) is 5.92 Å². The fourth-order valence-corrected chi connectivity index (χ4v) is 3.08. The van der Waals surface area contributed by atoms with Crippen LogP contribution >= 0.6 is 0 Å². The van der Waals surface area contributed by atoms with Gasteiger partial charge in [0.05, 0.1) is 6.10 Å². The topological polar surface area (TPSA) is 41.6 Å². The molecule has 1 amide bonds. The van der Waals surface area contributed by atoms with Gasteiger partial charge < -0.3 is 10.1 Å². The van der Waals surface area contributed by atoms with Crippen LogP contribution in [0.2, 0.25) is 0 Å². The summed E-state index contributed by atoms with van der Waals surface area (Å²) >= 11 is 0. The molecule has 3 fully saturated rings. The lowest BCUT2D eigenvalue weighted by atomic mass is 10.0. The lowest BCUT2D eigenvalue weighted by molar-refractivity contribution is -0.123. The molecule has 1 saturated carbocycles. The molecule has 3 aliphatic rings. The third kappa shape index (κ3) is 3.23. The largest absolute Gasteiger partial charge is 0.377 e. The molecule has 0 bridgehead atoms. The van der Waals surface area contributed by atoms with Crippen LogP contribution in [-0.4, -0.2) is 49.2 Å². The quantitative estimate of drug-likeness (QED) is 0.816. The molecule has 0 radical (unpaired) electrons. The molecule has 1 aliphatic carbocycles. The van der Waals surface area contributed by atoms with Crippen molar-refractivity contribution < 1.29 is 9.53 Å². The summed E-state index contributed by atoms with van der Waals surface area (Å²) in [6, 6.07) is 0.369. The van der Waals surface area contributed by atoms with E-state index in [1.807, 2.05) is 0 Å². The fourth-order valence-electron chi connectivity index (χ4n) is 3.08. The summed E-state index contributed by atoms with van der Waals surface area (Å²) < 4.78 is 5.69. The zero-order valence-corrected chi connectivity index (χ0v) is 11.1. The molecule has 1 N–H and O–H groups in total. The summed E-state index contributed by atoms with van der Waals surface area (Å²) in [6.07, 6.45) is 7.37. The number of carbonyl (C=O) groups is 1. The predicted molar refractivity (Wildman–Crippen MR) is 69.3 cm³/mol. The second kappa shape index (κ2) is 5.57. The molecule has 2 aliphatic heterocycles. The van der Waals surface area contributed by atoms with Gasteiger partial charge in [-0.25, -0.2) is 0 Å². The Hall–Kier alpha value is -0.610. The molecule has 2 heterocycles. The van der Waals surface area contributed by atoms with Crippen LogP contribution in [-0.2, 0) is 9.53 Å². The third-order valence-electron chi connectivity index (χ3n) is 4.29. The lowest BCUT2D eigenvalue weighted by Gasteiger charge is -2.34. The summed E-state index contributed by atoms with van der Waals surface area (Å²) in [5.41, 5.74) is 0. The third-order valence-corrected chi connectivity index (χ3v) is 4.29. The van der Waals surface area contributed by atoms with Gasteiger partial charge in [0.1, 0.15) is 0 Å². The minimum Gasteiger partial charge on any atom is -0.377 e. The number of piperidine rings is 1. The molecule has 2 unspecified atom stereocenters. The second-order valence-corrected chi connectivity index (χ2v) is 6.02. The van der Waals surface area contributed by atoms with Crippen molar-refractivity contribution in [1.82, 2.24) is 10.2 Å². The van der Waals surface area contributed by atoms with Crippen molar-refractivity contribution in [1.29, 1.82) is 0 Å². The Kier molecular flexibility index (Phi) is 3.85. The Labute approximate surface area is 109 Å². The number of nitrogens with zero attached hydrogens (tertiary/aromatic N) is 1. The Balaban J connectivity index is 1.43. The highest BCUT2D eigenvalue weighted by molar-refractivity contribution is 5.81. The van der Waals surface area contributed by atoms with Crippen LogP contribution in [0.3, 0.4) is 0 Å². The minimum atomic E-state index is 0.291. The molecule has 2 saturated heterocycles. The molecule has 3 rings (SSSR count). The number of ether oxygens (including phenoxy) is 1. The normalized spacial score (nSPS) is 33.6. The van der Waals surface area contributed by atoms with Crippen molar-refractivity contribution in [2.45, 2.75) is 50.7 Å². The maximum atomic E-state index is 11.8. The van der Waals surface area contributed by atoms with Gasteiger partial charge in [0, 0.05) is 31.7 Å². The van der Waals surface area contributed by atoms with Gasteiger partial charge in [0.25, 0.3) is 0 Å². The van der Waals surface area contributed by atoms with E-state index in [9.17, 15) is 4.79 Å². The molecule has 0 aromatic rings. The number of nitrogens with one attached hydrogen (secondary N) is 1. The van der Waals surface area contributed by atoms with Crippen molar-refractivity contribution >= 4 is 5.91 Å². The van der Waals surface area contributed by atoms with Crippen LogP contribution in [0.15, 0.2) is 0 Å². The number of amides is 1. The van der Waals surface area contributed by atoms with Gasteiger partial charge in [0.2, 0.25) is 5.91 Å². The summed E-state index contributed by atoms with van der Waals surface area (Å²) in [6.45, 7) is 4.16. The number of hydrogen-bond acceptors (Lipinski definition) is 3. The van der Waals surface area contributed by atoms with Gasteiger partial charge in [-0.05, 0) is 45.1 Å². The summed E-state index contributed by atoms with van der Waals surface area (Å²) in [7, 11) is 0. The van der Waals surface area contributed by atoms with Crippen LogP contribution in [0.1, 0.15) is 38.5 Å². The SMILES string of the molecule is O=C(NC1CCCN(CC2CCCO2)C1)C1CC1. The highest BCUT2D eigenvalue weighted by Gasteiger charge is 2.32. The molecule has 4 heteroatoms. The highest BCUT2D eigenvalue weighted by atomic mass is 16.5. The van der Waals surface area contributed by atoms with Crippen molar-refractivity contribution in [2.75, 3.05) is 26.2 Å². The van der Waals surface area contributed by atoms with Crippen LogP contribution in [0.4, 0.5) is 0 Å². The van der Waals surface area contributed by atoms with E-state index in [0.29, 0.717) is 24.0 Å². The zero-order chi connectivity index (χ0) is 12.4. The van der Waals surface area contributed by atoms with Crippen molar-refractivity contribution in [3.63, 3.8) is 0 Å².